The van der Waals surface area contributed by atoms with Gasteiger partial charge in [0.05, 0.1) is 5.92 Å². The maximum atomic E-state index is 12.6. The molecule has 2 aromatic rings. The highest BCUT2D eigenvalue weighted by Gasteiger charge is 2.34. The Labute approximate surface area is 148 Å². The van der Waals surface area contributed by atoms with Gasteiger partial charge >= 0.3 is 0 Å². The van der Waals surface area contributed by atoms with Crippen molar-refractivity contribution in [2.75, 3.05) is 11.9 Å². The van der Waals surface area contributed by atoms with Crippen LogP contribution in [0.2, 0.25) is 0 Å². The smallest absolute Gasteiger partial charge is 0.229 e. The molecular formula is C21H24N2O2. The third-order valence-electron chi connectivity index (χ3n) is 4.73. The van der Waals surface area contributed by atoms with Crippen LogP contribution in [0, 0.1) is 26.7 Å². The topological polar surface area (TPSA) is 49.4 Å². The van der Waals surface area contributed by atoms with E-state index < -0.39 is 0 Å². The van der Waals surface area contributed by atoms with Crippen LogP contribution in [-0.4, -0.2) is 23.3 Å². The number of carbonyl (C=O) groups is 2. The van der Waals surface area contributed by atoms with Crippen molar-refractivity contribution < 1.29 is 9.59 Å². The Kier molecular flexibility index (Phi) is 4.88. The lowest BCUT2D eigenvalue weighted by molar-refractivity contribution is -0.128. The van der Waals surface area contributed by atoms with E-state index in [0.717, 1.165) is 22.4 Å². The van der Waals surface area contributed by atoms with Gasteiger partial charge in [-0.1, -0.05) is 42.0 Å². The minimum Gasteiger partial charge on any atom is -0.338 e. The summed E-state index contributed by atoms with van der Waals surface area (Å²) in [5.41, 5.74) is 5.25. The Morgan fingerprint density at radius 1 is 1.08 bits per heavy atom. The summed E-state index contributed by atoms with van der Waals surface area (Å²) < 4.78 is 0. The van der Waals surface area contributed by atoms with Crippen LogP contribution in [0.4, 0.5) is 5.69 Å². The third kappa shape index (κ3) is 4.08. The van der Waals surface area contributed by atoms with Gasteiger partial charge in [0.15, 0.2) is 0 Å². The lowest BCUT2D eigenvalue weighted by atomic mass is 10.1. The van der Waals surface area contributed by atoms with E-state index in [1.54, 1.807) is 4.90 Å². The maximum Gasteiger partial charge on any atom is 0.229 e. The number of carbonyl (C=O) groups excluding carboxylic acids is 2. The van der Waals surface area contributed by atoms with Crippen LogP contribution in [0.25, 0.3) is 0 Å². The highest BCUT2D eigenvalue weighted by molar-refractivity contribution is 5.97. The molecule has 2 amide bonds. The lowest BCUT2D eigenvalue weighted by Crippen LogP contribution is -2.28. The zero-order valence-corrected chi connectivity index (χ0v) is 15.0. The van der Waals surface area contributed by atoms with Crippen molar-refractivity contribution in [2.24, 2.45) is 5.92 Å². The van der Waals surface area contributed by atoms with Gasteiger partial charge in [0.1, 0.15) is 0 Å². The number of nitrogens with one attached hydrogen (secondary N) is 1. The molecule has 3 rings (SSSR count). The first-order valence-electron chi connectivity index (χ1n) is 8.64. The van der Waals surface area contributed by atoms with Gasteiger partial charge in [-0.05, 0) is 43.5 Å². The molecule has 4 heteroatoms. The molecule has 0 radical (unpaired) electrons. The summed E-state index contributed by atoms with van der Waals surface area (Å²) in [5, 5.41) is 2.99. The summed E-state index contributed by atoms with van der Waals surface area (Å²) in [6.07, 6.45) is 0.280. The van der Waals surface area contributed by atoms with Gasteiger partial charge in [-0.25, -0.2) is 0 Å². The fourth-order valence-corrected chi connectivity index (χ4v) is 3.12. The molecule has 0 spiro atoms. The maximum absolute atomic E-state index is 12.6. The van der Waals surface area contributed by atoms with Crippen molar-refractivity contribution in [2.45, 2.75) is 33.7 Å². The molecule has 1 heterocycles. The number of anilines is 1. The molecular weight excluding hydrogens is 312 g/mol. The van der Waals surface area contributed by atoms with Crippen LogP contribution < -0.4 is 5.32 Å². The minimum atomic E-state index is -0.294. The van der Waals surface area contributed by atoms with E-state index in [2.05, 4.69) is 5.32 Å². The molecule has 4 nitrogen and oxygen atoms in total. The molecule has 1 N–H and O–H groups in total. The predicted molar refractivity (Wildman–Crippen MR) is 99.2 cm³/mol. The minimum absolute atomic E-state index is 0.0432. The van der Waals surface area contributed by atoms with E-state index in [9.17, 15) is 9.59 Å². The van der Waals surface area contributed by atoms with E-state index in [0.29, 0.717) is 13.1 Å². The molecule has 0 aromatic heterocycles. The molecule has 25 heavy (non-hydrogen) atoms. The van der Waals surface area contributed by atoms with Gasteiger partial charge in [0, 0.05) is 25.2 Å². The predicted octanol–water partition coefficient (Wildman–Crippen LogP) is 3.60. The zero-order valence-electron chi connectivity index (χ0n) is 15.0. The molecule has 1 aliphatic heterocycles. The molecule has 1 saturated heterocycles. The monoisotopic (exact) mass is 336 g/mol. The summed E-state index contributed by atoms with van der Waals surface area (Å²) in [6, 6.07) is 14.1. The SMILES string of the molecule is Cc1ccc(CN2C[C@@H](C(=O)Nc3cc(C)ccc3C)CC2=O)cc1. The third-order valence-corrected chi connectivity index (χ3v) is 4.73. The normalized spacial score (nSPS) is 17.0. The Balaban J connectivity index is 1.64. The summed E-state index contributed by atoms with van der Waals surface area (Å²) in [6.45, 7) is 7.05. The Morgan fingerprint density at radius 2 is 1.76 bits per heavy atom. The molecule has 1 atom stereocenters. The number of hydrogen-bond donors (Lipinski definition) is 1. The van der Waals surface area contributed by atoms with Crippen molar-refractivity contribution in [3.63, 3.8) is 0 Å². The molecule has 1 fully saturated rings. The van der Waals surface area contributed by atoms with Crippen LogP contribution in [0.1, 0.15) is 28.7 Å². The number of amides is 2. The van der Waals surface area contributed by atoms with Gasteiger partial charge < -0.3 is 10.2 Å². The van der Waals surface area contributed by atoms with Gasteiger partial charge in [0.25, 0.3) is 0 Å². The second kappa shape index (κ2) is 7.09. The number of benzene rings is 2. The zero-order chi connectivity index (χ0) is 18.0. The first-order chi connectivity index (χ1) is 11.9. The average molecular weight is 336 g/mol. The van der Waals surface area contributed by atoms with Gasteiger partial charge in [-0.2, -0.15) is 0 Å². The first-order valence-corrected chi connectivity index (χ1v) is 8.64. The van der Waals surface area contributed by atoms with E-state index >= 15 is 0 Å². The molecule has 1 aliphatic rings. The van der Waals surface area contributed by atoms with Gasteiger partial charge in [-0.15, -0.1) is 0 Å². The average Bonchev–Trinajstić information content (AvgIpc) is 2.94. The highest BCUT2D eigenvalue weighted by Crippen LogP contribution is 2.23. The number of hydrogen-bond acceptors (Lipinski definition) is 2. The Hall–Kier alpha value is -2.62. The van der Waals surface area contributed by atoms with Crippen LogP contribution >= 0.6 is 0 Å². The lowest BCUT2D eigenvalue weighted by Gasteiger charge is -2.17. The number of rotatable bonds is 4. The van der Waals surface area contributed by atoms with Crippen LogP contribution in [0.15, 0.2) is 42.5 Å². The van der Waals surface area contributed by atoms with Gasteiger partial charge in [0.2, 0.25) is 11.8 Å². The molecule has 130 valence electrons. The second-order valence-corrected chi connectivity index (χ2v) is 6.97. The van der Waals surface area contributed by atoms with Crippen LogP contribution in [0.3, 0.4) is 0 Å². The van der Waals surface area contributed by atoms with E-state index in [1.165, 1.54) is 5.56 Å². The van der Waals surface area contributed by atoms with E-state index in [4.69, 9.17) is 0 Å². The fourth-order valence-electron chi connectivity index (χ4n) is 3.12. The van der Waals surface area contributed by atoms with Crippen LogP contribution in [-0.2, 0) is 16.1 Å². The van der Waals surface area contributed by atoms with Crippen molar-refractivity contribution in [1.82, 2.24) is 4.90 Å². The van der Waals surface area contributed by atoms with E-state index in [-0.39, 0.29) is 24.2 Å². The largest absolute Gasteiger partial charge is 0.338 e. The van der Waals surface area contributed by atoms with Crippen molar-refractivity contribution in [1.29, 1.82) is 0 Å². The number of nitrogens with zero attached hydrogens (tertiary/aromatic N) is 1. The molecule has 2 aromatic carbocycles. The van der Waals surface area contributed by atoms with Crippen molar-refractivity contribution in [3.05, 3.63) is 64.7 Å². The van der Waals surface area contributed by atoms with E-state index in [1.807, 2.05) is 63.2 Å². The van der Waals surface area contributed by atoms with Crippen molar-refractivity contribution in [3.8, 4) is 0 Å². The Morgan fingerprint density at radius 3 is 2.48 bits per heavy atom. The quantitative estimate of drug-likeness (QED) is 0.927. The summed E-state index contributed by atoms with van der Waals surface area (Å²) in [5.74, 6) is -0.326. The number of likely N-dealkylation sites (tertiary alicyclic amines) is 1. The fraction of sp³-hybridized carbons (Fsp3) is 0.333. The Bertz CT molecular complexity index is 796. The van der Waals surface area contributed by atoms with Gasteiger partial charge in [-0.3, -0.25) is 9.59 Å². The molecule has 0 bridgehead atoms. The second-order valence-electron chi connectivity index (χ2n) is 6.97. The summed E-state index contributed by atoms with van der Waals surface area (Å²) in [4.78, 5) is 26.6. The molecule has 0 unspecified atom stereocenters. The first kappa shape index (κ1) is 17.2. The number of aryl methyl sites for hydroxylation is 3. The van der Waals surface area contributed by atoms with Crippen molar-refractivity contribution >= 4 is 17.5 Å². The summed E-state index contributed by atoms with van der Waals surface area (Å²) in [7, 11) is 0. The molecule has 0 aliphatic carbocycles. The molecule has 0 saturated carbocycles. The standard InChI is InChI=1S/C21H24N2O2/c1-14-5-8-17(9-6-14)12-23-13-18(11-20(23)24)21(25)22-19-10-15(2)4-7-16(19)3/h4-10,18H,11-13H2,1-3H3,(H,22,25)/t18-/m0/s1. The highest BCUT2D eigenvalue weighted by atomic mass is 16.2. The van der Waals surface area contributed by atoms with Crippen LogP contribution in [0.5, 0.6) is 0 Å². The summed E-state index contributed by atoms with van der Waals surface area (Å²) >= 11 is 0.